The highest BCUT2D eigenvalue weighted by Gasteiger charge is 2.10. The lowest BCUT2D eigenvalue weighted by Crippen LogP contribution is -3.00. The second-order valence-electron chi connectivity index (χ2n) is 3.16. The number of ether oxygens (including phenoxy) is 1. The first-order valence-electron chi connectivity index (χ1n) is 4.81. The van der Waals surface area contributed by atoms with Crippen LogP contribution in [0.4, 0.5) is 0 Å². The predicted octanol–water partition coefficient (Wildman–Crippen LogP) is -1.24. The normalized spacial score (nSPS) is 9.81. The summed E-state index contributed by atoms with van der Waals surface area (Å²) in [6, 6.07) is 4.07. The van der Waals surface area contributed by atoms with E-state index in [-0.39, 0.29) is 29.5 Å². The first-order chi connectivity index (χ1) is 7.29. The largest absolute Gasteiger partial charge is 1.00 e. The van der Waals surface area contributed by atoms with Gasteiger partial charge in [0.1, 0.15) is 0 Å². The van der Waals surface area contributed by atoms with Crippen molar-refractivity contribution in [1.82, 2.24) is 0 Å². The summed E-state index contributed by atoms with van der Waals surface area (Å²) in [6.45, 7) is 2.52. The monoisotopic (exact) mass is 301 g/mol. The fourth-order valence-electron chi connectivity index (χ4n) is 1.40. The summed E-state index contributed by atoms with van der Waals surface area (Å²) in [4.78, 5) is 11.2. The average Bonchev–Trinajstić information content (AvgIpc) is 2.65. The van der Waals surface area contributed by atoms with Crippen molar-refractivity contribution in [3.05, 3.63) is 29.9 Å². The summed E-state index contributed by atoms with van der Waals surface area (Å²) < 4.78 is 7.91. The lowest BCUT2D eigenvalue weighted by molar-refractivity contribution is -0.684. The van der Waals surface area contributed by atoms with Crippen LogP contribution < -0.4 is 21.5 Å². The number of thiophene rings is 1. The molecule has 0 radical (unpaired) electrons. The summed E-state index contributed by atoms with van der Waals surface area (Å²) in [5.74, 6) is -0.196. The van der Waals surface area contributed by atoms with Crippen molar-refractivity contribution in [3.8, 4) is 0 Å². The highest BCUT2D eigenvalue weighted by molar-refractivity contribution is 7.17. The van der Waals surface area contributed by atoms with E-state index in [0.717, 1.165) is 0 Å². The molecule has 0 saturated carbocycles. The van der Waals surface area contributed by atoms with Gasteiger partial charge in [0.25, 0.3) is 0 Å². The van der Waals surface area contributed by atoms with Gasteiger partial charge in [-0.25, -0.2) is 4.79 Å². The van der Waals surface area contributed by atoms with Gasteiger partial charge >= 0.3 is 5.97 Å². The fraction of sp³-hybridized carbons (Fsp3) is 0.273. The van der Waals surface area contributed by atoms with Gasteiger partial charge in [-0.1, -0.05) is 0 Å². The molecule has 0 aliphatic heterocycles. The Labute approximate surface area is 108 Å². The summed E-state index contributed by atoms with van der Waals surface area (Å²) in [6.07, 6.45) is 3.86. The molecule has 0 aliphatic carbocycles. The first-order valence-corrected chi connectivity index (χ1v) is 5.69. The van der Waals surface area contributed by atoms with Crippen LogP contribution in [-0.2, 0) is 16.1 Å². The van der Waals surface area contributed by atoms with E-state index in [2.05, 4.69) is 6.07 Å². The molecule has 0 saturated heterocycles. The van der Waals surface area contributed by atoms with Crippen LogP contribution in [0, 0.1) is 0 Å². The van der Waals surface area contributed by atoms with Gasteiger partial charge in [0.15, 0.2) is 12.4 Å². The van der Waals surface area contributed by atoms with Gasteiger partial charge in [0.2, 0.25) is 6.54 Å². The minimum Gasteiger partial charge on any atom is -1.00 e. The van der Waals surface area contributed by atoms with Crippen molar-refractivity contribution in [1.29, 1.82) is 0 Å². The van der Waals surface area contributed by atoms with E-state index in [9.17, 15) is 4.79 Å². The van der Waals surface area contributed by atoms with Gasteiger partial charge < -0.3 is 21.7 Å². The number of carbonyl (C=O) groups is 1. The number of hydrogen-bond donors (Lipinski definition) is 0. The molecule has 0 amide bonds. The van der Waals surface area contributed by atoms with E-state index in [4.69, 9.17) is 4.74 Å². The van der Waals surface area contributed by atoms with Gasteiger partial charge in [0, 0.05) is 11.5 Å². The molecule has 0 N–H and O–H groups in total. The van der Waals surface area contributed by atoms with Crippen LogP contribution in [0.25, 0.3) is 10.1 Å². The number of hydrogen-bond acceptors (Lipinski definition) is 3. The van der Waals surface area contributed by atoms with Crippen LogP contribution in [0.5, 0.6) is 0 Å². The molecule has 0 atom stereocenters. The number of fused-ring (bicyclic) bond motifs is 1. The van der Waals surface area contributed by atoms with Crippen molar-refractivity contribution in [2.45, 2.75) is 13.5 Å². The zero-order valence-corrected chi connectivity index (χ0v) is 11.3. The van der Waals surface area contributed by atoms with Crippen LogP contribution in [0.15, 0.2) is 29.9 Å². The molecule has 3 nitrogen and oxygen atoms in total. The Kier molecular flexibility index (Phi) is 4.89. The molecule has 2 aromatic rings. The van der Waals surface area contributed by atoms with E-state index in [1.54, 1.807) is 11.3 Å². The molecule has 2 rings (SSSR count). The molecule has 0 fully saturated rings. The second kappa shape index (κ2) is 5.96. The van der Waals surface area contributed by atoms with Crippen LogP contribution in [0.1, 0.15) is 6.92 Å². The van der Waals surface area contributed by atoms with E-state index in [0.29, 0.717) is 6.61 Å². The molecule has 0 aliphatic rings. The van der Waals surface area contributed by atoms with Crippen molar-refractivity contribution in [3.63, 3.8) is 0 Å². The lowest BCUT2D eigenvalue weighted by Gasteiger charge is -1.97. The maximum absolute atomic E-state index is 11.2. The maximum atomic E-state index is 11.2. The van der Waals surface area contributed by atoms with Crippen molar-refractivity contribution < 1.29 is 31.1 Å². The standard InChI is InChI=1S/C11H12NO2S.BrH/c1-2-14-11(13)8-12-5-3-9-4-6-15-10(9)7-12;/h3-7H,2,8H2,1H3;1H/q+1;/p-1. The van der Waals surface area contributed by atoms with Gasteiger partial charge in [-0.3, -0.25) is 0 Å². The van der Waals surface area contributed by atoms with Gasteiger partial charge in [-0.2, -0.15) is 4.57 Å². The Morgan fingerprint density at radius 3 is 3.06 bits per heavy atom. The van der Waals surface area contributed by atoms with Gasteiger partial charge in [0.05, 0.1) is 11.3 Å². The summed E-state index contributed by atoms with van der Waals surface area (Å²) in [5, 5.41) is 3.25. The molecule has 2 aromatic heterocycles. The molecule has 86 valence electrons. The Morgan fingerprint density at radius 2 is 2.31 bits per heavy atom. The molecule has 5 heteroatoms. The lowest BCUT2D eigenvalue weighted by atomic mass is 10.3. The number of pyridine rings is 1. The zero-order chi connectivity index (χ0) is 10.7. The van der Waals surface area contributed by atoms with Crippen molar-refractivity contribution in [2.24, 2.45) is 0 Å². The highest BCUT2D eigenvalue weighted by atomic mass is 79.9. The third-order valence-electron chi connectivity index (χ3n) is 2.07. The van der Waals surface area contributed by atoms with E-state index in [1.165, 1.54) is 10.1 Å². The van der Waals surface area contributed by atoms with E-state index < -0.39 is 0 Å². The zero-order valence-electron chi connectivity index (χ0n) is 8.85. The number of carbonyl (C=O) groups excluding carboxylic acids is 1. The SMILES string of the molecule is CCOC(=O)C[n+]1ccc2ccsc2c1.[Br-]. The molecule has 0 spiro atoms. The van der Waals surface area contributed by atoms with Crippen LogP contribution >= 0.6 is 11.3 Å². The van der Waals surface area contributed by atoms with E-state index in [1.807, 2.05) is 35.3 Å². The Hall–Kier alpha value is -0.940. The Morgan fingerprint density at radius 1 is 1.50 bits per heavy atom. The van der Waals surface area contributed by atoms with Crippen molar-refractivity contribution in [2.75, 3.05) is 6.61 Å². The van der Waals surface area contributed by atoms with Gasteiger partial charge in [-0.15, -0.1) is 11.3 Å². The van der Waals surface area contributed by atoms with E-state index >= 15 is 0 Å². The topological polar surface area (TPSA) is 30.2 Å². The average molecular weight is 302 g/mol. The minimum absolute atomic E-state index is 0. The quantitative estimate of drug-likeness (QED) is 0.524. The number of nitrogens with zero attached hydrogens (tertiary/aromatic N) is 1. The maximum Gasteiger partial charge on any atom is 0.372 e. The van der Waals surface area contributed by atoms with Crippen LogP contribution in [0.2, 0.25) is 0 Å². The fourth-order valence-corrected chi connectivity index (χ4v) is 2.23. The smallest absolute Gasteiger partial charge is 0.372 e. The third kappa shape index (κ3) is 3.02. The minimum atomic E-state index is -0.196. The Bertz CT molecular complexity index is 484. The molecule has 0 aromatic carbocycles. The summed E-state index contributed by atoms with van der Waals surface area (Å²) in [7, 11) is 0. The molecule has 0 bridgehead atoms. The summed E-state index contributed by atoms with van der Waals surface area (Å²) >= 11 is 1.67. The summed E-state index contributed by atoms with van der Waals surface area (Å²) in [5.41, 5.74) is 0. The predicted molar refractivity (Wildman–Crippen MR) is 58.7 cm³/mol. The number of aromatic nitrogens is 1. The van der Waals surface area contributed by atoms with Crippen LogP contribution in [0.3, 0.4) is 0 Å². The van der Waals surface area contributed by atoms with Crippen molar-refractivity contribution >= 4 is 27.4 Å². The number of esters is 1. The molecule has 2 heterocycles. The Balaban J connectivity index is 0.00000128. The van der Waals surface area contributed by atoms with Crippen LogP contribution in [-0.4, -0.2) is 12.6 Å². The number of halogens is 1. The third-order valence-corrected chi connectivity index (χ3v) is 2.94. The molecule has 16 heavy (non-hydrogen) atoms. The number of rotatable bonds is 3. The molecular formula is C11H12BrNO2S. The molecular weight excluding hydrogens is 290 g/mol. The van der Waals surface area contributed by atoms with Gasteiger partial charge in [-0.05, 0) is 18.4 Å². The highest BCUT2D eigenvalue weighted by Crippen LogP contribution is 2.17. The second-order valence-corrected chi connectivity index (χ2v) is 4.11. The molecule has 0 unspecified atom stereocenters. The first kappa shape index (κ1) is 13.1.